The highest BCUT2D eigenvalue weighted by Gasteiger charge is 2.41. The number of fused-ring (bicyclic) bond motifs is 1. The molecule has 0 bridgehead atoms. The number of aromatic nitrogens is 1. The molecule has 1 aromatic heterocycles. The molecule has 2 saturated heterocycles. The molecule has 180 valence electrons. The summed E-state index contributed by atoms with van der Waals surface area (Å²) in [6.45, 7) is 5.42. The first-order valence-corrected chi connectivity index (χ1v) is 12.1. The van der Waals surface area contributed by atoms with E-state index in [1.165, 1.54) is 10.9 Å². The second-order valence-corrected chi connectivity index (χ2v) is 9.45. The van der Waals surface area contributed by atoms with E-state index in [0.717, 1.165) is 18.6 Å². The molecule has 1 atom stereocenters. The Morgan fingerprint density at radius 2 is 1.88 bits per heavy atom. The highest BCUT2D eigenvalue weighted by molar-refractivity contribution is 6.30. The fourth-order valence-corrected chi connectivity index (χ4v) is 4.90. The highest BCUT2D eigenvalue weighted by atomic mass is 35.5. The van der Waals surface area contributed by atoms with Gasteiger partial charge in [-0.05, 0) is 42.0 Å². The number of amides is 1. The molecule has 0 spiro atoms. The molecule has 1 amide bonds. The second kappa shape index (κ2) is 10.4. The smallest absolute Gasteiger partial charge is 0.225 e. The Hall–Kier alpha value is -2.58. The second-order valence-electron chi connectivity index (χ2n) is 9.01. The first-order valence-electron chi connectivity index (χ1n) is 11.8. The maximum Gasteiger partial charge on any atom is 0.225 e. The molecule has 2 fully saturated rings. The van der Waals surface area contributed by atoms with Gasteiger partial charge in [-0.2, -0.15) is 0 Å². The van der Waals surface area contributed by atoms with Crippen LogP contribution >= 0.6 is 11.6 Å². The third-order valence-electron chi connectivity index (χ3n) is 6.56. The van der Waals surface area contributed by atoms with Crippen LogP contribution in [0.5, 0.6) is 5.75 Å². The number of nitrogens with one attached hydrogen (secondary N) is 1. The van der Waals surface area contributed by atoms with Crippen molar-refractivity contribution in [1.29, 1.82) is 0 Å². The zero-order valence-corrected chi connectivity index (χ0v) is 19.9. The van der Waals surface area contributed by atoms with Crippen LogP contribution in [0.1, 0.15) is 12.0 Å². The van der Waals surface area contributed by atoms with Crippen molar-refractivity contribution in [3.8, 4) is 5.75 Å². The lowest BCUT2D eigenvalue weighted by Gasteiger charge is -2.43. The molecule has 0 radical (unpaired) electrons. The summed E-state index contributed by atoms with van der Waals surface area (Å²) >= 11 is 6.02. The van der Waals surface area contributed by atoms with Gasteiger partial charge in [-0.25, -0.2) is 0 Å². The number of carbonyl (C=O) groups excluding carboxylic acids is 1. The number of aromatic amines is 1. The largest absolute Gasteiger partial charge is 0.491 e. The van der Waals surface area contributed by atoms with Crippen molar-refractivity contribution in [3.05, 3.63) is 65.3 Å². The lowest BCUT2D eigenvalue weighted by atomic mass is 9.96. The first-order chi connectivity index (χ1) is 16.6. The molecule has 1 N–H and O–H groups in total. The molecule has 2 aromatic carbocycles. The third-order valence-corrected chi connectivity index (χ3v) is 6.81. The normalized spacial score (nSPS) is 21.6. The quantitative estimate of drug-likeness (QED) is 0.554. The van der Waals surface area contributed by atoms with Crippen molar-refractivity contribution in [1.82, 2.24) is 14.8 Å². The zero-order chi connectivity index (χ0) is 23.4. The van der Waals surface area contributed by atoms with E-state index in [1.54, 1.807) is 12.1 Å². The van der Waals surface area contributed by atoms with Gasteiger partial charge in [0.15, 0.2) is 0 Å². The first kappa shape index (κ1) is 23.2. The van der Waals surface area contributed by atoms with Gasteiger partial charge in [-0.1, -0.05) is 23.7 Å². The Bertz CT molecular complexity index is 1110. The number of hydrogen-bond donors (Lipinski definition) is 1. The number of hydrogen-bond acceptors (Lipinski definition) is 5. The summed E-state index contributed by atoms with van der Waals surface area (Å²) in [6, 6.07) is 15.7. The maximum absolute atomic E-state index is 13.2. The number of ether oxygens (including phenoxy) is 3. The van der Waals surface area contributed by atoms with Crippen LogP contribution in [0.15, 0.2) is 54.7 Å². The predicted octanol–water partition coefficient (Wildman–Crippen LogP) is 3.72. The van der Waals surface area contributed by atoms with Gasteiger partial charge in [0.1, 0.15) is 18.0 Å². The van der Waals surface area contributed by atoms with Gasteiger partial charge < -0.3 is 24.1 Å². The summed E-state index contributed by atoms with van der Waals surface area (Å²) in [5.41, 5.74) is 1.65. The van der Waals surface area contributed by atoms with Crippen LogP contribution in [0.3, 0.4) is 0 Å². The summed E-state index contributed by atoms with van der Waals surface area (Å²) < 4.78 is 17.9. The minimum atomic E-state index is -0.737. The number of carbonyl (C=O) groups is 1. The maximum atomic E-state index is 13.2. The van der Waals surface area contributed by atoms with Crippen molar-refractivity contribution in [2.75, 3.05) is 52.6 Å². The molecular formula is C26H30ClN3O4. The molecule has 7 nitrogen and oxygen atoms in total. The van der Waals surface area contributed by atoms with E-state index in [-0.39, 0.29) is 18.9 Å². The molecular weight excluding hydrogens is 454 g/mol. The lowest BCUT2D eigenvalue weighted by Crippen LogP contribution is -2.57. The topological polar surface area (TPSA) is 67.0 Å². The number of halogens is 1. The van der Waals surface area contributed by atoms with Gasteiger partial charge in [0.25, 0.3) is 0 Å². The van der Waals surface area contributed by atoms with Crippen LogP contribution in [-0.4, -0.2) is 78.9 Å². The molecule has 8 heteroatoms. The van der Waals surface area contributed by atoms with Gasteiger partial charge in [0.05, 0.1) is 26.2 Å². The highest BCUT2D eigenvalue weighted by Crippen LogP contribution is 2.28. The number of H-pyrrole nitrogens is 1. The van der Waals surface area contributed by atoms with Gasteiger partial charge in [-0.15, -0.1) is 0 Å². The van der Waals surface area contributed by atoms with Crippen molar-refractivity contribution in [2.45, 2.75) is 18.6 Å². The predicted molar refractivity (Wildman–Crippen MR) is 131 cm³/mol. The summed E-state index contributed by atoms with van der Waals surface area (Å²) in [6.07, 6.45) is 2.24. The zero-order valence-electron chi connectivity index (χ0n) is 19.2. The molecule has 2 aliphatic rings. The van der Waals surface area contributed by atoms with Gasteiger partial charge in [0, 0.05) is 54.8 Å². The molecule has 34 heavy (non-hydrogen) atoms. The van der Waals surface area contributed by atoms with Gasteiger partial charge in [0.2, 0.25) is 5.91 Å². The molecule has 3 heterocycles. The van der Waals surface area contributed by atoms with Crippen LogP contribution < -0.4 is 4.74 Å². The lowest BCUT2D eigenvalue weighted by molar-refractivity contribution is -0.159. The molecule has 0 saturated carbocycles. The van der Waals surface area contributed by atoms with E-state index in [9.17, 15) is 4.79 Å². The molecule has 5 rings (SSSR count). The Morgan fingerprint density at radius 1 is 1.06 bits per heavy atom. The molecule has 0 aliphatic carbocycles. The van der Waals surface area contributed by atoms with Crippen molar-refractivity contribution >= 4 is 28.4 Å². The molecule has 3 aromatic rings. The fourth-order valence-electron chi connectivity index (χ4n) is 4.78. The van der Waals surface area contributed by atoms with Crippen LogP contribution in [0, 0.1) is 0 Å². The van der Waals surface area contributed by atoms with Crippen molar-refractivity contribution in [2.24, 2.45) is 0 Å². The Kier molecular flexibility index (Phi) is 7.06. The van der Waals surface area contributed by atoms with E-state index < -0.39 is 5.60 Å². The Morgan fingerprint density at radius 3 is 2.71 bits per heavy atom. The van der Waals surface area contributed by atoms with E-state index in [0.29, 0.717) is 50.2 Å². The summed E-state index contributed by atoms with van der Waals surface area (Å²) in [4.78, 5) is 20.7. The summed E-state index contributed by atoms with van der Waals surface area (Å²) in [7, 11) is 0. The fraction of sp³-hybridized carbons (Fsp3) is 0.423. The average molecular weight is 484 g/mol. The number of nitrogens with zero attached hydrogens (tertiary/aromatic N) is 2. The number of benzene rings is 2. The Labute approximate surface area is 204 Å². The monoisotopic (exact) mass is 483 g/mol. The standard InChI is InChI=1S/C26H30ClN3O4/c27-21-4-6-22(7-5-21)33-19-26(16-25(31)30-11-13-32-14-12-30)18-29(10-15-34-26)17-20-2-1-3-24-23(20)8-9-28-24/h1-9,28H,10-19H2. The SMILES string of the molecule is O=C(CC1(COc2ccc(Cl)cc2)CN(Cc2cccc3[nH]ccc23)CCO1)N1CCOCC1. The van der Waals surface area contributed by atoms with E-state index in [2.05, 4.69) is 34.1 Å². The van der Waals surface area contributed by atoms with Crippen LogP contribution in [0.2, 0.25) is 5.02 Å². The minimum Gasteiger partial charge on any atom is -0.491 e. The minimum absolute atomic E-state index is 0.0811. The molecule has 1 unspecified atom stereocenters. The summed E-state index contributed by atoms with van der Waals surface area (Å²) in [5.74, 6) is 0.790. The van der Waals surface area contributed by atoms with Crippen molar-refractivity contribution < 1.29 is 19.0 Å². The Balaban J connectivity index is 1.34. The summed E-state index contributed by atoms with van der Waals surface area (Å²) in [5, 5.41) is 1.88. The van der Waals surface area contributed by atoms with Crippen LogP contribution in [0.4, 0.5) is 0 Å². The van der Waals surface area contributed by atoms with E-state index in [1.807, 2.05) is 23.2 Å². The molecule has 2 aliphatic heterocycles. The van der Waals surface area contributed by atoms with Gasteiger partial charge >= 0.3 is 0 Å². The van der Waals surface area contributed by atoms with Gasteiger partial charge in [-0.3, -0.25) is 9.69 Å². The number of rotatable bonds is 7. The van der Waals surface area contributed by atoms with E-state index in [4.69, 9.17) is 25.8 Å². The third kappa shape index (κ3) is 5.39. The number of morpholine rings is 2. The van der Waals surface area contributed by atoms with Crippen LogP contribution in [0.25, 0.3) is 10.9 Å². The van der Waals surface area contributed by atoms with Crippen molar-refractivity contribution in [3.63, 3.8) is 0 Å². The average Bonchev–Trinajstić information content (AvgIpc) is 3.35. The van der Waals surface area contributed by atoms with Crippen LogP contribution in [-0.2, 0) is 20.8 Å². The van der Waals surface area contributed by atoms with E-state index >= 15 is 0 Å².